The first kappa shape index (κ1) is 21.9. The number of nitrogens with one attached hydrogen (secondary N) is 1. The molecule has 1 N–H and O–H groups in total. The molecule has 30 heavy (non-hydrogen) atoms. The fourth-order valence-corrected chi connectivity index (χ4v) is 3.90. The van der Waals surface area contributed by atoms with Gasteiger partial charge in [-0.25, -0.2) is 0 Å². The standard InChI is InChI=1S/C23H28N4O2S/c1-14-10-11-20(16(3)12-14)29-18(5)22-25-26-23(27(22)6)30-13-21(28)24-19-9-7-8-15(2)17(19)4/h7-12,18H,13H2,1-6H3,(H,24,28). The van der Waals surface area contributed by atoms with Crippen LogP contribution in [0.25, 0.3) is 0 Å². The zero-order chi connectivity index (χ0) is 21.8. The lowest BCUT2D eigenvalue weighted by molar-refractivity contribution is -0.113. The van der Waals surface area contributed by atoms with Crippen molar-refractivity contribution in [3.05, 3.63) is 64.5 Å². The summed E-state index contributed by atoms with van der Waals surface area (Å²) in [7, 11) is 1.89. The minimum Gasteiger partial charge on any atom is -0.482 e. The Morgan fingerprint density at radius 1 is 1.13 bits per heavy atom. The second kappa shape index (κ2) is 9.34. The summed E-state index contributed by atoms with van der Waals surface area (Å²) in [5.41, 5.74) is 5.35. The van der Waals surface area contributed by atoms with Crippen LogP contribution < -0.4 is 10.1 Å². The van der Waals surface area contributed by atoms with E-state index in [4.69, 9.17) is 4.74 Å². The van der Waals surface area contributed by atoms with Crippen LogP contribution in [0.1, 0.15) is 41.1 Å². The Balaban J connectivity index is 1.62. The van der Waals surface area contributed by atoms with Gasteiger partial charge in [-0.3, -0.25) is 4.79 Å². The molecule has 0 saturated heterocycles. The number of carbonyl (C=O) groups excluding carboxylic acids is 1. The van der Waals surface area contributed by atoms with E-state index in [1.807, 2.05) is 69.6 Å². The van der Waals surface area contributed by atoms with Crippen molar-refractivity contribution in [1.29, 1.82) is 0 Å². The lowest BCUT2D eigenvalue weighted by Crippen LogP contribution is -2.15. The Morgan fingerprint density at radius 2 is 1.90 bits per heavy atom. The molecule has 0 aliphatic carbocycles. The SMILES string of the molecule is Cc1ccc(OC(C)c2nnc(SCC(=O)Nc3cccc(C)c3C)n2C)c(C)c1. The fourth-order valence-electron chi connectivity index (χ4n) is 3.18. The van der Waals surface area contributed by atoms with Crippen molar-refractivity contribution in [2.45, 2.75) is 45.9 Å². The lowest BCUT2D eigenvalue weighted by atomic mass is 10.1. The van der Waals surface area contributed by atoms with E-state index in [0.717, 1.165) is 28.1 Å². The highest BCUT2D eigenvalue weighted by Gasteiger charge is 2.19. The van der Waals surface area contributed by atoms with Crippen molar-refractivity contribution in [3.8, 4) is 5.75 Å². The number of aryl methyl sites for hydroxylation is 3. The average molecular weight is 425 g/mol. The van der Waals surface area contributed by atoms with Crippen LogP contribution in [0.15, 0.2) is 41.6 Å². The highest BCUT2D eigenvalue weighted by atomic mass is 32.2. The van der Waals surface area contributed by atoms with Crippen molar-refractivity contribution in [2.75, 3.05) is 11.1 Å². The molecule has 3 rings (SSSR count). The molecular weight excluding hydrogens is 396 g/mol. The highest BCUT2D eigenvalue weighted by molar-refractivity contribution is 7.99. The second-order valence-electron chi connectivity index (χ2n) is 7.51. The number of thioether (sulfide) groups is 1. The Labute approximate surface area is 182 Å². The third kappa shape index (κ3) is 5.02. The van der Waals surface area contributed by atoms with Crippen LogP contribution in [0.4, 0.5) is 5.69 Å². The molecule has 1 unspecified atom stereocenters. The molecule has 0 aliphatic heterocycles. The number of aromatic nitrogens is 3. The molecule has 0 radical (unpaired) electrons. The summed E-state index contributed by atoms with van der Waals surface area (Å²) in [6.45, 7) is 10.1. The summed E-state index contributed by atoms with van der Waals surface area (Å²) in [4.78, 5) is 12.4. The maximum Gasteiger partial charge on any atom is 0.234 e. The number of hydrogen-bond donors (Lipinski definition) is 1. The zero-order valence-electron chi connectivity index (χ0n) is 18.3. The molecule has 3 aromatic rings. The number of carbonyl (C=O) groups is 1. The van der Waals surface area contributed by atoms with E-state index in [1.54, 1.807) is 0 Å². The Morgan fingerprint density at radius 3 is 2.63 bits per heavy atom. The number of ether oxygens (including phenoxy) is 1. The van der Waals surface area contributed by atoms with Gasteiger partial charge in [-0.15, -0.1) is 10.2 Å². The Bertz CT molecular complexity index is 1060. The van der Waals surface area contributed by atoms with Gasteiger partial charge in [0.25, 0.3) is 0 Å². The van der Waals surface area contributed by atoms with Gasteiger partial charge in [0.1, 0.15) is 5.75 Å². The number of anilines is 1. The van der Waals surface area contributed by atoms with Crippen LogP contribution in [0.2, 0.25) is 0 Å². The quantitative estimate of drug-likeness (QED) is 0.545. The van der Waals surface area contributed by atoms with Gasteiger partial charge in [0.15, 0.2) is 17.1 Å². The first-order chi connectivity index (χ1) is 14.3. The second-order valence-corrected chi connectivity index (χ2v) is 8.46. The molecule has 158 valence electrons. The number of nitrogens with zero attached hydrogens (tertiary/aromatic N) is 3. The zero-order valence-corrected chi connectivity index (χ0v) is 19.1. The van der Waals surface area contributed by atoms with E-state index < -0.39 is 0 Å². The molecule has 7 heteroatoms. The van der Waals surface area contributed by atoms with E-state index >= 15 is 0 Å². The van der Waals surface area contributed by atoms with Gasteiger partial charge in [-0.05, 0) is 63.4 Å². The third-order valence-electron chi connectivity index (χ3n) is 5.08. The maximum atomic E-state index is 12.4. The first-order valence-corrected chi connectivity index (χ1v) is 10.9. The smallest absolute Gasteiger partial charge is 0.234 e. The van der Waals surface area contributed by atoms with Crippen LogP contribution in [0.3, 0.4) is 0 Å². The van der Waals surface area contributed by atoms with Gasteiger partial charge in [-0.1, -0.05) is 41.6 Å². The van der Waals surface area contributed by atoms with Gasteiger partial charge < -0.3 is 14.6 Å². The van der Waals surface area contributed by atoms with E-state index in [-0.39, 0.29) is 17.8 Å². The Kier molecular flexibility index (Phi) is 6.82. The number of rotatable bonds is 7. The van der Waals surface area contributed by atoms with Crippen molar-refractivity contribution >= 4 is 23.4 Å². The summed E-state index contributed by atoms with van der Waals surface area (Å²) in [5.74, 6) is 1.73. The van der Waals surface area contributed by atoms with Crippen molar-refractivity contribution in [1.82, 2.24) is 14.8 Å². The van der Waals surface area contributed by atoms with Crippen LogP contribution in [0.5, 0.6) is 5.75 Å². The minimum absolute atomic E-state index is 0.0715. The molecule has 0 aliphatic rings. The lowest BCUT2D eigenvalue weighted by Gasteiger charge is -2.16. The molecule has 1 amide bonds. The molecule has 1 heterocycles. The summed E-state index contributed by atoms with van der Waals surface area (Å²) >= 11 is 1.36. The highest BCUT2D eigenvalue weighted by Crippen LogP contribution is 2.27. The largest absolute Gasteiger partial charge is 0.482 e. The first-order valence-electron chi connectivity index (χ1n) is 9.88. The van der Waals surface area contributed by atoms with E-state index in [9.17, 15) is 4.79 Å². The van der Waals surface area contributed by atoms with E-state index in [0.29, 0.717) is 11.0 Å². The number of amides is 1. The molecule has 0 spiro atoms. The van der Waals surface area contributed by atoms with E-state index in [1.165, 1.54) is 17.3 Å². The molecule has 6 nitrogen and oxygen atoms in total. The summed E-state index contributed by atoms with van der Waals surface area (Å²) in [6.07, 6.45) is -0.262. The predicted octanol–water partition coefficient (Wildman–Crippen LogP) is 4.92. The molecule has 2 aromatic carbocycles. The summed E-state index contributed by atoms with van der Waals surface area (Å²) in [6, 6.07) is 12.0. The molecule has 1 atom stereocenters. The molecule has 1 aromatic heterocycles. The van der Waals surface area contributed by atoms with Gasteiger partial charge in [0.05, 0.1) is 5.75 Å². The normalized spacial score (nSPS) is 11.9. The van der Waals surface area contributed by atoms with Gasteiger partial charge in [-0.2, -0.15) is 0 Å². The number of hydrogen-bond acceptors (Lipinski definition) is 5. The van der Waals surface area contributed by atoms with Crippen molar-refractivity contribution < 1.29 is 9.53 Å². The topological polar surface area (TPSA) is 69.0 Å². The third-order valence-corrected chi connectivity index (χ3v) is 6.10. The minimum atomic E-state index is -0.262. The predicted molar refractivity (Wildman–Crippen MR) is 121 cm³/mol. The fraction of sp³-hybridized carbons (Fsp3) is 0.348. The summed E-state index contributed by atoms with van der Waals surface area (Å²) < 4.78 is 7.98. The summed E-state index contributed by atoms with van der Waals surface area (Å²) in [5, 5.41) is 12.2. The van der Waals surface area contributed by atoms with Crippen LogP contribution in [0, 0.1) is 27.7 Å². The van der Waals surface area contributed by atoms with Gasteiger partial charge in [0.2, 0.25) is 5.91 Å². The van der Waals surface area contributed by atoms with Gasteiger partial charge in [0, 0.05) is 12.7 Å². The number of benzene rings is 2. The average Bonchev–Trinajstić information content (AvgIpc) is 3.06. The van der Waals surface area contributed by atoms with Gasteiger partial charge >= 0.3 is 0 Å². The molecule has 0 fully saturated rings. The molecule has 0 saturated carbocycles. The van der Waals surface area contributed by atoms with Crippen molar-refractivity contribution in [2.24, 2.45) is 7.05 Å². The molecular formula is C23H28N4O2S. The van der Waals surface area contributed by atoms with Crippen LogP contribution in [-0.4, -0.2) is 26.4 Å². The monoisotopic (exact) mass is 424 g/mol. The van der Waals surface area contributed by atoms with Crippen molar-refractivity contribution in [3.63, 3.8) is 0 Å². The maximum absolute atomic E-state index is 12.4. The van der Waals surface area contributed by atoms with Crippen LogP contribution >= 0.6 is 11.8 Å². The van der Waals surface area contributed by atoms with Crippen LogP contribution in [-0.2, 0) is 11.8 Å². The van der Waals surface area contributed by atoms with E-state index in [2.05, 4.69) is 28.5 Å². The Hall–Kier alpha value is -2.80. The molecule has 0 bridgehead atoms.